The summed E-state index contributed by atoms with van der Waals surface area (Å²) in [4.78, 5) is 16.6. The molecule has 0 bridgehead atoms. The summed E-state index contributed by atoms with van der Waals surface area (Å²) in [5, 5.41) is 14.0. The van der Waals surface area contributed by atoms with E-state index in [0.717, 1.165) is 16.0 Å². The van der Waals surface area contributed by atoms with Crippen LogP contribution in [0, 0.1) is 6.92 Å². The summed E-state index contributed by atoms with van der Waals surface area (Å²) in [5.41, 5.74) is 2.25. The summed E-state index contributed by atoms with van der Waals surface area (Å²) in [6.07, 6.45) is -3.64. The van der Waals surface area contributed by atoms with Crippen molar-refractivity contribution < 1.29 is 28.2 Å². The van der Waals surface area contributed by atoms with Crippen LogP contribution in [0.25, 0.3) is 10.6 Å². The second-order valence-electron chi connectivity index (χ2n) is 7.93. The molecule has 162 valence electrons. The number of aryl methyl sites for hydroxylation is 1. The topological polar surface area (TPSA) is 80.7 Å². The summed E-state index contributed by atoms with van der Waals surface area (Å²) in [7, 11) is 0. The lowest BCUT2D eigenvalue weighted by Crippen LogP contribution is -2.28. The Labute approximate surface area is 181 Å². The number of ether oxygens (including phenoxy) is 2. The Morgan fingerprint density at radius 3 is 2.65 bits per heavy atom. The maximum Gasteiger partial charge on any atom is 0.586 e. The average Bonchev–Trinajstić information content (AvgIpc) is 3.29. The highest BCUT2D eigenvalue weighted by Crippen LogP contribution is 2.43. The molecule has 1 aliphatic rings. The third kappa shape index (κ3) is 4.32. The summed E-state index contributed by atoms with van der Waals surface area (Å²) < 4.78 is 35.6. The molecule has 2 N–H and O–H groups in total. The van der Waals surface area contributed by atoms with E-state index in [1.54, 1.807) is 23.6 Å². The zero-order chi connectivity index (χ0) is 22.4. The predicted octanol–water partition coefficient (Wildman–Crippen LogP) is 5.53. The molecule has 0 amide bonds. The summed E-state index contributed by atoms with van der Waals surface area (Å²) in [6, 6.07) is 10.1. The number of halogens is 2. The van der Waals surface area contributed by atoms with Gasteiger partial charge in [-0.15, -0.1) is 20.1 Å². The smallest absolute Gasteiger partial charge is 0.478 e. The van der Waals surface area contributed by atoms with E-state index in [2.05, 4.69) is 19.8 Å². The van der Waals surface area contributed by atoms with Gasteiger partial charge in [0.25, 0.3) is 0 Å². The molecule has 3 heterocycles. The monoisotopic (exact) mass is 446 g/mol. The minimum Gasteiger partial charge on any atom is -0.478 e. The maximum atomic E-state index is 13.3. The molecule has 0 spiro atoms. The van der Waals surface area contributed by atoms with Gasteiger partial charge in [0.1, 0.15) is 5.82 Å². The number of nitrogens with zero attached hydrogens (tertiary/aromatic N) is 1. The van der Waals surface area contributed by atoms with Gasteiger partial charge in [0, 0.05) is 17.3 Å². The van der Waals surface area contributed by atoms with Gasteiger partial charge in [-0.3, -0.25) is 0 Å². The molecule has 31 heavy (non-hydrogen) atoms. The predicted molar refractivity (Wildman–Crippen MR) is 113 cm³/mol. The fraction of sp³-hybridized carbons (Fsp3) is 0.273. The number of hydrogen-bond donors (Lipinski definition) is 2. The standard InChI is InChI=1S/C22H20F2N2O4S/c1-12-4-7-18(26-19(12)17-8-13(10-31-17)20(27)28)25-11-21(2,3)14-5-6-15-16(9-14)30-22(23,24)29-15/h4-10H,11H2,1-3H3,(H,25,26)(H,27,28). The van der Waals surface area contributed by atoms with Gasteiger partial charge < -0.3 is 19.9 Å². The number of thiophene rings is 1. The van der Waals surface area contributed by atoms with E-state index < -0.39 is 17.7 Å². The minimum atomic E-state index is -3.64. The highest BCUT2D eigenvalue weighted by atomic mass is 32.1. The molecule has 0 atom stereocenters. The summed E-state index contributed by atoms with van der Waals surface area (Å²) in [6.45, 7) is 6.34. The van der Waals surface area contributed by atoms with Crippen LogP contribution >= 0.6 is 11.3 Å². The van der Waals surface area contributed by atoms with Gasteiger partial charge in [0.05, 0.1) is 16.1 Å². The number of benzene rings is 1. The third-order valence-corrected chi connectivity index (χ3v) is 6.01. The number of fused-ring (bicyclic) bond motifs is 1. The second-order valence-corrected chi connectivity index (χ2v) is 8.84. The SMILES string of the molecule is Cc1ccc(NCC(C)(C)c2ccc3c(c2)OC(F)(F)O3)nc1-c1cc(C(=O)O)cs1. The molecule has 0 unspecified atom stereocenters. The Balaban J connectivity index is 1.52. The number of rotatable bonds is 6. The second kappa shape index (κ2) is 7.49. The minimum absolute atomic E-state index is 0.0123. The van der Waals surface area contributed by atoms with E-state index in [9.17, 15) is 13.6 Å². The fourth-order valence-corrected chi connectivity index (χ4v) is 4.17. The number of hydrogen-bond acceptors (Lipinski definition) is 6. The Morgan fingerprint density at radius 2 is 1.94 bits per heavy atom. The van der Waals surface area contributed by atoms with Gasteiger partial charge >= 0.3 is 12.3 Å². The van der Waals surface area contributed by atoms with Gasteiger partial charge in [-0.05, 0) is 42.3 Å². The molecule has 9 heteroatoms. The largest absolute Gasteiger partial charge is 0.586 e. The van der Waals surface area contributed by atoms with Crippen molar-refractivity contribution in [3.8, 4) is 22.1 Å². The van der Waals surface area contributed by atoms with Crippen molar-refractivity contribution in [1.82, 2.24) is 4.98 Å². The van der Waals surface area contributed by atoms with E-state index >= 15 is 0 Å². The van der Waals surface area contributed by atoms with E-state index in [1.807, 2.05) is 32.9 Å². The molecule has 6 nitrogen and oxygen atoms in total. The number of carboxylic acid groups (broad SMARTS) is 1. The van der Waals surface area contributed by atoms with Crippen LogP contribution in [0.3, 0.4) is 0 Å². The maximum absolute atomic E-state index is 13.3. The van der Waals surface area contributed by atoms with Gasteiger partial charge in [-0.25, -0.2) is 9.78 Å². The van der Waals surface area contributed by atoms with E-state index in [4.69, 9.17) is 5.11 Å². The zero-order valence-electron chi connectivity index (χ0n) is 17.0. The lowest BCUT2D eigenvalue weighted by atomic mass is 9.84. The van der Waals surface area contributed by atoms with Crippen LogP contribution in [0.15, 0.2) is 41.8 Å². The molecule has 2 aromatic heterocycles. The summed E-state index contributed by atoms with van der Waals surface area (Å²) >= 11 is 1.33. The lowest BCUT2D eigenvalue weighted by Gasteiger charge is -2.26. The number of aromatic carboxylic acids is 1. The number of pyridine rings is 1. The number of nitrogens with one attached hydrogen (secondary N) is 1. The van der Waals surface area contributed by atoms with Crippen LogP contribution in [0.4, 0.5) is 14.6 Å². The van der Waals surface area contributed by atoms with Gasteiger partial charge in [-0.1, -0.05) is 26.0 Å². The Bertz CT molecular complexity index is 1160. The molecule has 3 aromatic rings. The first kappa shape index (κ1) is 21.0. The first-order valence-electron chi connectivity index (χ1n) is 9.48. The number of carbonyl (C=O) groups is 1. The van der Waals surface area contributed by atoms with Crippen LogP contribution in [0.1, 0.15) is 35.3 Å². The van der Waals surface area contributed by atoms with Crippen LogP contribution in [-0.4, -0.2) is 28.9 Å². The Morgan fingerprint density at radius 1 is 1.19 bits per heavy atom. The zero-order valence-corrected chi connectivity index (χ0v) is 17.8. The number of alkyl halides is 2. The first-order chi connectivity index (χ1) is 14.5. The number of anilines is 1. The highest BCUT2D eigenvalue weighted by molar-refractivity contribution is 7.13. The van der Waals surface area contributed by atoms with Gasteiger partial charge in [-0.2, -0.15) is 0 Å². The average molecular weight is 446 g/mol. The van der Waals surface area contributed by atoms with Crippen molar-refractivity contribution in [2.45, 2.75) is 32.5 Å². The third-order valence-electron chi connectivity index (χ3n) is 5.07. The van der Waals surface area contributed by atoms with Gasteiger partial charge in [0.2, 0.25) is 0 Å². The normalized spacial score (nSPS) is 14.5. The fourth-order valence-electron chi connectivity index (χ4n) is 3.23. The van der Waals surface area contributed by atoms with Crippen LogP contribution in [0.5, 0.6) is 11.5 Å². The molecule has 1 aromatic carbocycles. The van der Waals surface area contributed by atoms with Crippen molar-refractivity contribution in [1.29, 1.82) is 0 Å². The molecular formula is C22H20F2N2O4S. The van der Waals surface area contributed by atoms with Crippen molar-refractivity contribution in [3.05, 3.63) is 58.5 Å². The molecule has 0 saturated carbocycles. The number of aromatic nitrogens is 1. The molecule has 0 radical (unpaired) electrons. The van der Waals surface area contributed by atoms with Crippen molar-refractivity contribution in [2.75, 3.05) is 11.9 Å². The van der Waals surface area contributed by atoms with Gasteiger partial charge in [0.15, 0.2) is 11.5 Å². The molecular weight excluding hydrogens is 426 g/mol. The van der Waals surface area contributed by atoms with Crippen LogP contribution in [-0.2, 0) is 5.41 Å². The number of carboxylic acids is 1. The molecule has 0 saturated heterocycles. The molecule has 0 aliphatic carbocycles. The van der Waals surface area contributed by atoms with E-state index in [1.165, 1.54) is 17.4 Å². The molecule has 1 aliphatic heterocycles. The van der Waals surface area contributed by atoms with Crippen molar-refractivity contribution in [3.63, 3.8) is 0 Å². The van der Waals surface area contributed by atoms with E-state index in [-0.39, 0.29) is 17.1 Å². The Kier molecular flexibility index (Phi) is 5.09. The quantitative estimate of drug-likeness (QED) is 0.518. The summed E-state index contributed by atoms with van der Waals surface area (Å²) in [5.74, 6) is -0.318. The van der Waals surface area contributed by atoms with Crippen molar-refractivity contribution >= 4 is 23.1 Å². The lowest BCUT2D eigenvalue weighted by molar-refractivity contribution is -0.286. The van der Waals surface area contributed by atoms with Crippen LogP contribution < -0.4 is 14.8 Å². The molecule has 4 rings (SSSR count). The van der Waals surface area contributed by atoms with Crippen molar-refractivity contribution in [2.24, 2.45) is 0 Å². The van der Waals surface area contributed by atoms with Crippen LogP contribution in [0.2, 0.25) is 0 Å². The first-order valence-corrected chi connectivity index (χ1v) is 10.4. The van der Waals surface area contributed by atoms with E-state index in [0.29, 0.717) is 18.1 Å². The highest BCUT2D eigenvalue weighted by Gasteiger charge is 2.43. The Hall–Kier alpha value is -3.20. The molecule has 0 fully saturated rings.